The van der Waals surface area contributed by atoms with Crippen molar-refractivity contribution in [2.45, 2.75) is 0 Å². The Morgan fingerprint density at radius 2 is 1.88 bits per heavy atom. The zero-order valence-electron chi connectivity index (χ0n) is 8.41. The lowest BCUT2D eigenvalue weighted by Gasteiger charge is -1.95. The van der Waals surface area contributed by atoms with E-state index in [0.717, 1.165) is 0 Å². The van der Waals surface area contributed by atoms with Crippen molar-refractivity contribution in [3.8, 4) is 6.07 Å². The molecule has 0 bridgehead atoms. The highest BCUT2D eigenvalue weighted by atomic mass is 14.8. The van der Waals surface area contributed by atoms with Crippen molar-refractivity contribution in [1.29, 1.82) is 5.26 Å². The van der Waals surface area contributed by atoms with Crippen LogP contribution in [0.2, 0.25) is 0 Å². The largest absolute Gasteiger partial charge is 0.398 e. The van der Waals surface area contributed by atoms with Crippen LogP contribution in [0.5, 0.6) is 0 Å². The van der Waals surface area contributed by atoms with Crippen molar-refractivity contribution < 1.29 is 0 Å². The van der Waals surface area contributed by atoms with Crippen LogP contribution >= 0.6 is 0 Å². The Bertz CT molecular complexity index is 450. The molecule has 0 saturated heterocycles. The van der Waals surface area contributed by atoms with E-state index in [0.29, 0.717) is 17.1 Å². The first-order valence-electron chi connectivity index (χ1n) is 4.35. The summed E-state index contributed by atoms with van der Waals surface area (Å²) in [6.07, 6.45) is 6.23. The van der Waals surface area contributed by atoms with Gasteiger partial charge in [-0.25, -0.2) is 15.0 Å². The van der Waals surface area contributed by atoms with Gasteiger partial charge >= 0.3 is 0 Å². The molecule has 2 heterocycles. The second kappa shape index (κ2) is 5.93. The van der Waals surface area contributed by atoms with Gasteiger partial charge < -0.3 is 11.5 Å². The van der Waals surface area contributed by atoms with Crippen LogP contribution in [-0.4, -0.2) is 15.0 Å². The molecule has 0 unspecified atom stereocenters. The number of hydrogen-bond acceptors (Lipinski definition) is 6. The Labute approximate surface area is 92.6 Å². The molecule has 0 aromatic carbocycles. The first kappa shape index (κ1) is 11.4. The van der Waals surface area contributed by atoms with E-state index in [4.69, 9.17) is 16.7 Å². The van der Waals surface area contributed by atoms with E-state index in [1.165, 1.54) is 18.6 Å². The van der Waals surface area contributed by atoms with Gasteiger partial charge in [-0.05, 0) is 6.07 Å². The van der Waals surface area contributed by atoms with E-state index in [2.05, 4.69) is 15.0 Å². The molecule has 0 atom stereocenters. The minimum absolute atomic E-state index is 0.330. The molecule has 80 valence electrons. The molecule has 2 rings (SSSR count). The summed E-state index contributed by atoms with van der Waals surface area (Å²) in [5, 5.41) is 8.40. The molecule has 0 saturated carbocycles. The molecule has 0 radical (unpaired) electrons. The minimum atomic E-state index is 0.330. The van der Waals surface area contributed by atoms with Gasteiger partial charge in [0.2, 0.25) is 0 Å². The molecule has 0 aliphatic rings. The summed E-state index contributed by atoms with van der Waals surface area (Å²) in [4.78, 5) is 11.0. The van der Waals surface area contributed by atoms with Crippen LogP contribution in [-0.2, 0) is 0 Å². The van der Waals surface area contributed by atoms with Gasteiger partial charge in [-0.2, -0.15) is 5.26 Å². The first-order valence-corrected chi connectivity index (χ1v) is 4.35. The third kappa shape index (κ3) is 3.59. The fraction of sp³-hybridized carbons (Fsp3) is 0. The third-order valence-corrected chi connectivity index (χ3v) is 1.56. The van der Waals surface area contributed by atoms with Crippen LogP contribution < -0.4 is 11.5 Å². The quantitative estimate of drug-likeness (QED) is 0.663. The lowest BCUT2D eigenvalue weighted by atomic mass is 10.2. The van der Waals surface area contributed by atoms with Gasteiger partial charge in [-0.15, -0.1) is 0 Å². The van der Waals surface area contributed by atoms with Crippen LogP contribution in [0.15, 0.2) is 37.1 Å². The fourth-order valence-electron chi connectivity index (χ4n) is 0.835. The number of pyridine rings is 1. The zero-order valence-corrected chi connectivity index (χ0v) is 8.41. The van der Waals surface area contributed by atoms with E-state index >= 15 is 0 Å². The van der Waals surface area contributed by atoms with E-state index in [-0.39, 0.29) is 0 Å². The lowest BCUT2D eigenvalue weighted by molar-refractivity contribution is 1.17. The van der Waals surface area contributed by atoms with Gasteiger partial charge in [-0.1, -0.05) is 0 Å². The summed E-state index contributed by atoms with van der Waals surface area (Å²) in [5.74, 6) is 0.330. The number of nitriles is 1. The molecule has 4 N–H and O–H groups in total. The number of nitrogens with two attached hydrogens (primary N) is 2. The average Bonchev–Trinajstić information content (AvgIpc) is 2.32. The normalized spacial score (nSPS) is 8.44. The van der Waals surface area contributed by atoms with Gasteiger partial charge in [0.1, 0.15) is 18.2 Å². The van der Waals surface area contributed by atoms with Gasteiger partial charge in [0, 0.05) is 24.7 Å². The predicted molar refractivity (Wildman–Crippen MR) is 59.8 cm³/mol. The molecular formula is C10H10N6. The maximum absolute atomic E-state index is 8.40. The highest BCUT2D eigenvalue weighted by molar-refractivity contribution is 5.57. The number of anilines is 2. The fourth-order valence-corrected chi connectivity index (χ4v) is 0.835. The minimum Gasteiger partial charge on any atom is -0.398 e. The van der Waals surface area contributed by atoms with Gasteiger partial charge in [-0.3, -0.25) is 0 Å². The van der Waals surface area contributed by atoms with E-state index in [1.807, 2.05) is 6.07 Å². The number of aromatic nitrogens is 3. The standard InChI is InChI=1S/C6H6N4.C4H4N2/c7-2-4-3-10-6(9)1-5(4)8;1-2-5-4-6-3-1/h1,3H,(H4,8,9,10);1-4H. The summed E-state index contributed by atoms with van der Waals surface area (Å²) < 4.78 is 0. The van der Waals surface area contributed by atoms with Crippen molar-refractivity contribution in [3.05, 3.63) is 42.6 Å². The zero-order chi connectivity index (χ0) is 11.8. The Morgan fingerprint density at radius 3 is 2.25 bits per heavy atom. The maximum atomic E-state index is 8.40. The summed E-state index contributed by atoms with van der Waals surface area (Å²) in [6, 6.07) is 5.11. The van der Waals surface area contributed by atoms with Crippen molar-refractivity contribution >= 4 is 11.5 Å². The van der Waals surface area contributed by atoms with Crippen molar-refractivity contribution in [3.63, 3.8) is 0 Å². The van der Waals surface area contributed by atoms with Crippen LogP contribution in [0, 0.1) is 11.3 Å². The lowest BCUT2D eigenvalue weighted by Crippen LogP contribution is -1.95. The number of nitrogen functional groups attached to an aromatic ring is 2. The monoisotopic (exact) mass is 214 g/mol. The molecule has 0 aliphatic heterocycles. The molecule has 2 aromatic rings. The average molecular weight is 214 g/mol. The Kier molecular flexibility index (Phi) is 4.22. The van der Waals surface area contributed by atoms with Crippen LogP contribution in [0.25, 0.3) is 0 Å². The molecule has 0 spiro atoms. The predicted octanol–water partition coefficient (Wildman–Crippen LogP) is 0.594. The molecule has 0 amide bonds. The molecule has 0 fully saturated rings. The van der Waals surface area contributed by atoms with Crippen molar-refractivity contribution in [2.24, 2.45) is 0 Å². The topological polar surface area (TPSA) is 114 Å². The maximum Gasteiger partial charge on any atom is 0.125 e. The summed E-state index contributed by atoms with van der Waals surface area (Å²) in [5.41, 5.74) is 11.4. The van der Waals surface area contributed by atoms with Crippen molar-refractivity contribution in [1.82, 2.24) is 15.0 Å². The van der Waals surface area contributed by atoms with Crippen LogP contribution in [0.4, 0.5) is 11.5 Å². The van der Waals surface area contributed by atoms with Crippen molar-refractivity contribution in [2.75, 3.05) is 11.5 Å². The highest BCUT2D eigenvalue weighted by Crippen LogP contribution is 2.10. The van der Waals surface area contributed by atoms with Crippen LogP contribution in [0.1, 0.15) is 5.56 Å². The number of nitrogens with zero attached hydrogens (tertiary/aromatic N) is 4. The summed E-state index contributed by atoms with van der Waals surface area (Å²) >= 11 is 0. The van der Waals surface area contributed by atoms with Crippen LogP contribution in [0.3, 0.4) is 0 Å². The molecule has 0 aliphatic carbocycles. The molecule has 6 nitrogen and oxygen atoms in total. The van der Waals surface area contributed by atoms with Gasteiger partial charge in [0.05, 0.1) is 11.3 Å². The van der Waals surface area contributed by atoms with Gasteiger partial charge in [0.25, 0.3) is 0 Å². The first-order chi connectivity index (χ1) is 7.74. The van der Waals surface area contributed by atoms with E-state index < -0.39 is 0 Å². The molecule has 2 aromatic heterocycles. The third-order valence-electron chi connectivity index (χ3n) is 1.56. The second-order valence-electron chi connectivity index (χ2n) is 2.71. The Balaban J connectivity index is 0.000000181. The van der Waals surface area contributed by atoms with E-state index in [1.54, 1.807) is 18.5 Å². The molecule has 16 heavy (non-hydrogen) atoms. The highest BCUT2D eigenvalue weighted by Gasteiger charge is 1.96. The Morgan fingerprint density at radius 1 is 1.19 bits per heavy atom. The second-order valence-corrected chi connectivity index (χ2v) is 2.71. The summed E-state index contributed by atoms with van der Waals surface area (Å²) in [7, 11) is 0. The number of hydrogen-bond donors (Lipinski definition) is 2. The SMILES string of the molecule is N#Cc1cnc(N)cc1N.c1cncnc1. The molecular weight excluding hydrogens is 204 g/mol. The van der Waals surface area contributed by atoms with E-state index in [9.17, 15) is 0 Å². The summed E-state index contributed by atoms with van der Waals surface area (Å²) in [6.45, 7) is 0. The van der Waals surface area contributed by atoms with Gasteiger partial charge in [0.15, 0.2) is 0 Å². The smallest absolute Gasteiger partial charge is 0.125 e. The Hall–Kier alpha value is -2.68. The number of rotatable bonds is 0. The molecule has 6 heteroatoms.